The Hall–Kier alpha value is -2.90. The zero-order valence-electron chi connectivity index (χ0n) is 16.1. The number of hydrogen-bond donors (Lipinski definition) is 2. The van der Waals surface area contributed by atoms with Crippen LogP contribution in [0.4, 0.5) is 11.4 Å². The van der Waals surface area contributed by atoms with Crippen molar-refractivity contribution in [3.8, 4) is 11.5 Å². The Morgan fingerprint density at radius 1 is 0.724 bits per heavy atom. The molecule has 0 aromatic heterocycles. The fraction of sp³-hybridized carbons (Fsp3) is 0.364. The van der Waals surface area contributed by atoms with Crippen LogP contribution in [0.2, 0.25) is 0 Å². The lowest BCUT2D eigenvalue weighted by molar-refractivity contribution is -0.125. The largest absolute Gasteiger partial charge is 0.457 e. The predicted molar refractivity (Wildman–Crippen MR) is 108 cm³/mol. The van der Waals surface area contributed by atoms with Crippen LogP contribution in [0.1, 0.15) is 25.7 Å². The molecule has 7 heteroatoms. The topological polar surface area (TPSA) is 85.9 Å². The molecule has 2 aliphatic rings. The Morgan fingerprint density at radius 2 is 1.14 bits per heavy atom. The van der Waals surface area contributed by atoms with Crippen LogP contribution < -0.4 is 15.4 Å². The molecule has 2 saturated heterocycles. The van der Waals surface area contributed by atoms with E-state index < -0.39 is 0 Å². The molecule has 0 saturated carbocycles. The summed E-state index contributed by atoms with van der Waals surface area (Å²) in [6, 6.07) is 14.3. The molecule has 2 amide bonds. The third kappa shape index (κ3) is 5.13. The van der Waals surface area contributed by atoms with Gasteiger partial charge in [0.05, 0.1) is 0 Å². The van der Waals surface area contributed by atoms with Gasteiger partial charge in [0.2, 0.25) is 0 Å². The second-order valence-electron chi connectivity index (χ2n) is 7.13. The molecule has 2 atom stereocenters. The number of ether oxygens (including phenoxy) is 3. The van der Waals surface area contributed by atoms with E-state index in [1.807, 2.05) is 0 Å². The summed E-state index contributed by atoms with van der Waals surface area (Å²) in [5, 5.41) is 5.71. The van der Waals surface area contributed by atoms with Gasteiger partial charge in [0.25, 0.3) is 11.8 Å². The summed E-state index contributed by atoms with van der Waals surface area (Å²) in [5.41, 5.74) is 1.40. The second kappa shape index (κ2) is 9.07. The monoisotopic (exact) mass is 396 g/mol. The quantitative estimate of drug-likeness (QED) is 0.777. The normalized spacial score (nSPS) is 21.0. The van der Waals surface area contributed by atoms with Gasteiger partial charge in [-0.3, -0.25) is 9.59 Å². The van der Waals surface area contributed by atoms with Crippen LogP contribution in [-0.4, -0.2) is 37.2 Å². The first kappa shape index (κ1) is 19.4. The molecule has 4 rings (SSSR count). The summed E-state index contributed by atoms with van der Waals surface area (Å²) in [6.45, 7) is 1.28. The van der Waals surface area contributed by atoms with Crippen molar-refractivity contribution in [1.82, 2.24) is 0 Å². The minimum absolute atomic E-state index is 0.114. The van der Waals surface area contributed by atoms with E-state index in [4.69, 9.17) is 14.2 Å². The molecule has 7 nitrogen and oxygen atoms in total. The molecule has 2 fully saturated rings. The van der Waals surface area contributed by atoms with E-state index in [-0.39, 0.29) is 24.0 Å². The van der Waals surface area contributed by atoms with Gasteiger partial charge in [0, 0.05) is 24.6 Å². The van der Waals surface area contributed by atoms with E-state index in [1.54, 1.807) is 48.5 Å². The molecule has 152 valence electrons. The SMILES string of the molecule is O=C(Nc1ccc(Oc2ccc(NC(=O)[C@H]3CCCO3)cc2)cc1)[C@@H]1CCCO1. The third-order valence-corrected chi connectivity index (χ3v) is 4.92. The van der Waals surface area contributed by atoms with E-state index in [0.717, 1.165) is 25.7 Å². The molecular formula is C22H24N2O5. The lowest BCUT2D eigenvalue weighted by Crippen LogP contribution is -2.26. The maximum atomic E-state index is 12.1. The number of carbonyl (C=O) groups is 2. The maximum Gasteiger partial charge on any atom is 0.253 e. The van der Waals surface area contributed by atoms with Crippen molar-refractivity contribution < 1.29 is 23.8 Å². The van der Waals surface area contributed by atoms with Crippen molar-refractivity contribution in [2.75, 3.05) is 23.8 Å². The number of hydrogen-bond acceptors (Lipinski definition) is 5. The van der Waals surface area contributed by atoms with Crippen molar-refractivity contribution in [2.24, 2.45) is 0 Å². The average Bonchev–Trinajstić information content (AvgIpc) is 3.45. The third-order valence-electron chi connectivity index (χ3n) is 4.92. The van der Waals surface area contributed by atoms with Crippen LogP contribution in [-0.2, 0) is 19.1 Å². The van der Waals surface area contributed by atoms with E-state index >= 15 is 0 Å². The Balaban J connectivity index is 1.29. The number of anilines is 2. The van der Waals surface area contributed by atoms with Crippen LogP contribution in [0.5, 0.6) is 11.5 Å². The van der Waals surface area contributed by atoms with Crippen molar-refractivity contribution in [1.29, 1.82) is 0 Å². The Labute approximate surface area is 169 Å². The van der Waals surface area contributed by atoms with Gasteiger partial charge < -0.3 is 24.8 Å². The van der Waals surface area contributed by atoms with Gasteiger partial charge in [-0.1, -0.05) is 0 Å². The van der Waals surface area contributed by atoms with Gasteiger partial charge in [-0.05, 0) is 74.2 Å². The molecule has 2 heterocycles. The summed E-state index contributed by atoms with van der Waals surface area (Å²) in [7, 11) is 0. The van der Waals surface area contributed by atoms with Crippen LogP contribution in [0.3, 0.4) is 0 Å². The first-order chi connectivity index (χ1) is 14.2. The molecule has 0 aliphatic carbocycles. The second-order valence-corrected chi connectivity index (χ2v) is 7.13. The fourth-order valence-corrected chi connectivity index (χ4v) is 3.36. The number of carbonyl (C=O) groups excluding carboxylic acids is 2. The molecule has 2 aromatic rings. The summed E-state index contributed by atoms with van der Waals surface area (Å²) in [5.74, 6) is 1.07. The molecule has 2 aliphatic heterocycles. The lowest BCUT2D eigenvalue weighted by atomic mass is 10.2. The van der Waals surface area contributed by atoms with Crippen molar-refractivity contribution in [2.45, 2.75) is 37.9 Å². The standard InChI is InChI=1S/C22H24N2O5/c25-21(19-3-1-13-27-19)23-15-5-9-17(10-6-15)29-18-11-7-16(8-12-18)24-22(26)20-4-2-14-28-20/h5-12,19-20H,1-4,13-14H2,(H,23,25)(H,24,26)/t19-,20+. The predicted octanol–water partition coefficient (Wildman–Crippen LogP) is 3.71. The molecule has 2 N–H and O–H groups in total. The first-order valence-corrected chi connectivity index (χ1v) is 9.90. The van der Waals surface area contributed by atoms with Gasteiger partial charge in [-0.25, -0.2) is 0 Å². The number of nitrogens with one attached hydrogen (secondary N) is 2. The highest BCUT2D eigenvalue weighted by Crippen LogP contribution is 2.25. The van der Waals surface area contributed by atoms with Gasteiger partial charge in [0.15, 0.2) is 0 Å². The Morgan fingerprint density at radius 3 is 1.48 bits per heavy atom. The first-order valence-electron chi connectivity index (χ1n) is 9.90. The average molecular weight is 396 g/mol. The van der Waals surface area contributed by atoms with Gasteiger partial charge in [-0.15, -0.1) is 0 Å². The van der Waals surface area contributed by atoms with Crippen LogP contribution in [0, 0.1) is 0 Å². The molecular weight excluding hydrogens is 372 g/mol. The Kier molecular flexibility index (Phi) is 6.07. The van der Waals surface area contributed by atoms with Crippen LogP contribution >= 0.6 is 0 Å². The summed E-state index contributed by atoms with van der Waals surface area (Å²) in [4.78, 5) is 24.2. The van der Waals surface area contributed by atoms with Gasteiger partial charge >= 0.3 is 0 Å². The molecule has 0 bridgehead atoms. The van der Waals surface area contributed by atoms with E-state index in [2.05, 4.69) is 10.6 Å². The highest BCUT2D eigenvalue weighted by atomic mass is 16.5. The van der Waals surface area contributed by atoms with Gasteiger partial charge in [-0.2, -0.15) is 0 Å². The van der Waals surface area contributed by atoms with Crippen LogP contribution in [0.15, 0.2) is 48.5 Å². The van der Waals surface area contributed by atoms with Gasteiger partial charge in [0.1, 0.15) is 23.7 Å². The molecule has 29 heavy (non-hydrogen) atoms. The number of benzene rings is 2. The summed E-state index contributed by atoms with van der Waals surface area (Å²) in [6.07, 6.45) is 2.65. The fourth-order valence-electron chi connectivity index (χ4n) is 3.36. The molecule has 0 radical (unpaired) electrons. The highest BCUT2D eigenvalue weighted by Gasteiger charge is 2.24. The number of amides is 2. The highest BCUT2D eigenvalue weighted by molar-refractivity contribution is 5.94. The lowest BCUT2D eigenvalue weighted by Gasteiger charge is -2.12. The molecule has 2 aromatic carbocycles. The Bertz CT molecular complexity index is 767. The van der Waals surface area contributed by atoms with Crippen molar-refractivity contribution in [3.63, 3.8) is 0 Å². The zero-order valence-corrected chi connectivity index (χ0v) is 16.1. The van der Waals surface area contributed by atoms with E-state index in [1.165, 1.54) is 0 Å². The van der Waals surface area contributed by atoms with E-state index in [9.17, 15) is 9.59 Å². The van der Waals surface area contributed by atoms with Crippen molar-refractivity contribution >= 4 is 23.2 Å². The zero-order chi connectivity index (χ0) is 20.1. The number of rotatable bonds is 6. The smallest absolute Gasteiger partial charge is 0.253 e. The summed E-state index contributed by atoms with van der Waals surface area (Å²) >= 11 is 0. The van der Waals surface area contributed by atoms with E-state index in [0.29, 0.717) is 36.1 Å². The summed E-state index contributed by atoms with van der Waals surface area (Å²) < 4.78 is 16.6. The van der Waals surface area contributed by atoms with Crippen LogP contribution in [0.25, 0.3) is 0 Å². The molecule has 0 spiro atoms. The minimum atomic E-state index is -0.356. The van der Waals surface area contributed by atoms with Crippen molar-refractivity contribution in [3.05, 3.63) is 48.5 Å². The minimum Gasteiger partial charge on any atom is -0.457 e. The maximum absolute atomic E-state index is 12.1. The molecule has 0 unspecified atom stereocenters.